The zero-order chi connectivity index (χ0) is 12.3. The van der Waals surface area contributed by atoms with Gasteiger partial charge in [-0.1, -0.05) is 13.0 Å². The Morgan fingerprint density at radius 3 is 2.56 bits per heavy atom. The molecule has 1 aromatic rings. The smallest absolute Gasteiger partial charge is 0.382 e. The van der Waals surface area contributed by atoms with Crippen LogP contribution < -0.4 is 5.56 Å². The van der Waals surface area contributed by atoms with Crippen molar-refractivity contribution in [1.82, 2.24) is 4.57 Å². The molecule has 1 rings (SSSR count). The van der Waals surface area contributed by atoms with E-state index in [1.54, 1.807) is 6.07 Å². The van der Waals surface area contributed by atoms with Crippen molar-refractivity contribution < 1.29 is 18.3 Å². The second-order valence-electron chi connectivity index (χ2n) is 3.44. The number of hydrogen-bond acceptors (Lipinski definition) is 2. The summed E-state index contributed by atoms with van der Waals surface area (Å²) in [5, 5.41) is 8.84. The normalized spacial score (nSPS) is 13.8. The van der Waals surface area contributed by atoms with Gasteiger partial charge >= 0.3 is 6.18 Å². The van der Waals surface area contributed by atoms with Gasteiger partial charge in [0.2, 0.25) is 0 Å². The van der Waals surface area contributed by atoms with E-state index in [2.05, 4.69) is 0 Å². The van der Waals surface area contributed by atoms with Crippen LogP contribution in [-0.4, -0.2) is 22.0 Å². The summed E-state index contributed by atoms with van der Waals surface area (Å²) in [5.74, 6) is 0. The molecular formula is C10H12F3NO2. The summed E-state index contributed by atoms with van der Waals surface area (Å²) in [5.41, 5.74) is 0.189. The number of halogens is 3. The van der Waals surface area contributed by atoms with Crippen LogP contribution in [0.2, 0.25) is 0 Å². The first kappa shape index (κ1) is 12.8. The Balaban J connectivity index is 2.92. The number of rotatable bonds is 3. The average molecular weight is 235 g/mol. The lowest BCUT2D eigenvalue weighted by Crippen LogP contribution is -2.36. The Morgan fingerprint density at radius 2 is 2.06 bits per heavy atom. The molecule has 0 fully saturated rings. The highest BCUT2D eigenvalue weighted by Gasteiger charge is 2.38. The first-order valence-corrected chi connectivity index (χ1v) is 4.78. The fourth-order valence-electron chi connectivity index (χ4n) is 1.22. The topological polar surface area (TPSA) is 42.2 Å². The number of aromatic nitrogens is 1. The van der Waals surface area contributed by atoms with Gasteiger partial charge in [-0.3, -0.25) is 4.79 Å². The highest BCUT2D eigenvalue weighted by atomic mass is 19.4. The third-order valence-corrected chi connectivity index (χ3v) is 2.20. The fraction of sp³-hybridized carbons (Fsp3) is 0.500. The molecule has 0 saturated carbocycles. The number of alkyl halides is 3. The summed E-state index contributed by atoms with van der Waals surface area (Å²) in [7, 11) is 0. The Labute approximate surface area is 90.1 Å². The van der Waals surface area contributed by atoms with Gasteiger partial charge in [0.25, 0.3) is 5.56 Å². The number of aliphatic hydroxyl groups excluding tert-OH is 1. The number of hydrogen-bond donors (Lipinski definition) is 1. The molecule has 1 N–H and O–H groups in total. The second kappa shape index (κ2) is 4.69. The highest BCUT2D eigenvalue weighted by molar-refractivity contribution is 5.09. The molecule has 0 aliphatic heterocycles. The molecule has 90 valence electrons. The summed E-state index contributed by atoms with van der Waals surface area (Å²) in [6.07, 6.45) is -5.28. The Bertz CT molecular complexity index is 411. The summed E-state index contributed by atoms with van der Waals surface area (Å²) in [4.78, 5) is 11.2. The minimum Gasteiger partial charge on any atom is -0.382 e. The molecule has 0 bridgehead atoms. The molecule has 0 aromatic carbocycles. The lowest BCUT2D eigenvalue weighted by molar-refractivity contribution is -0.207. The number of aliphatic hydroxyl groups is 1. The van der Waals surface area contributed by atoms with Crippen molar-refractivity contribution in [3.63, 3.8) is 0 Å². The fourth-order valence-corrected chi connectivity index (χ4v) is 1.22. The Hall–Kier alpha value is -1.30. The minimum absolute atomic E-state index is 0.555. The molecule has 0 aliphatic rings. The minimum atomic E-state index is -4.71. The largest absolute Gasteiger partial charge is 0.416 e. The maximum absolute atomic E-state index is 12.1. The molecule has 0 spiro atoms. The molecule has 1 aromatic heterocycles. The molecular weight excluding hydrogens is 223 g/mol. The van der Waals surface area contributed by atoms with E-state index in [1.165, 1.54) is 12.3 Å². The maximum atomic E-state index is 12.1. The van der Waals surface area contributed by atoms with Crippen LogP contribution >= 0.6 is 0 Å². The molecule has 1 atom stereocenters. The van der Waals surface area contributed by atoms with Crippen LogP contribution in [0.4, 0.5) is 13.2 Å². The zero-order valence-corrected chi connectivity index (χ0v) is 8.66. The van der Waals surface area contributed by atoms with Crippen LogP contribution in [0.15, 0.2) is 23.1 Å². The first-order chi connectivity index (χ1) is 7.34. The van der Waals surface area contributed by atoms with Crippen molar-refractivity contribution in [2.24, 2.45) is 0 Å². The summed E-state index contributed by atoms with van der Waals surface area (Å²) in [6.45, 7) is 1.06. The van der Waals surface area contributed by atoms with Gasteiger partial charge in [0.05, 0.1) is 6.54 Å². The van der Waals surface area contributed by atoms with E-state index in [-0.39, 0.29) is 0 Å². The van der Waals surface area contributed by atoms with Gasteiger partial charge in [0, 0.05) is 12.3 Å². The van der Waals surface area contributed by atoms with E-state index >= 15 is 0 Å². The first-order valence-electron chi connectivity index (χ1n) is 4.78. The van der Waals surface area contributed by atoms with Gasteiger partial charge in [-0.2, -0.15) is 13.2 Å². The SMILES string of the molecule is CCc1ccc(=O)n(C[C@H](O)C(F)(F)F)c1. The maximum Gasteiger partial charge on any atom is 0.416 e. The third kappa shape index (κ3) is 3.10. The van der Waals surface area contributed by atoms with Gasteiger partial charge < -0.3 is 9.67 Å². The lowest BCUT2D eigenvalue weighted by Gasteiger charge is -2.16. The van der Waals surface area contributed by atoms with Crippen molar-refractivity contribution >= 4 is 0 Å². The molecule has 0 amide bonds. The highest BCUT2D eigenvalue weighted by Crippen LogP contribution is 2.20. The molecule has 1 heterocycles. The lowest BCUT2D eigenvalue weighted by atomic mass is 10.2. The molecule has 16 heavy (non-hydrogen) atoms. The van der Waals surface area contributed by atoms with Crippen LogP contribution in [-0.2, 0) is 13.0 Å². The Morgan fingerprint density at radius 1 is 1.44 bits per heavy atom. The predicted molar refractivity (Wildman–Crippen MR) is 52.1 cm³/mol. The standard InChI is InChI=1S/C10H12F3NO2/c1-2-7-3-4-9(16)14(5-7)6-8(15)10(11,12)13/h3-5,8,15H,2,6H2,1H3/t8-/m0/s1. The van der Waals surface area contributed by atoms with E-state index < -0.39 is 24.4 Å². The van der Waals surface area contributed by atoms with Gasteiger partial charge in [-0.15, -0.1) is 0 Å². The molecule has 6 heteroatoms. The summed E-state index contributed by atoms with van der Waals surface area (Å²) >= 11 is 0. The van der Waals surface area contributed by atoms with E-state index in [0.29, 0.717) is 6.42 Å². The van der Waals surface area contributed by atoms with Gasteiger partial charge in [0.1, 0.15) is 0 Å². The van der Waals surface area contributed by atoms with Crippen LogP contribution in [0.25, 0.3) is 0 Å². The molecule has 0 unspecified atom stereocenters. The van der Waals surface area contributed by atoms with Crippen LogP contribution in [0.3, 0.4) is 0 Å². The molecule has 0 aliphatic carbocycles. The Kier molecular flexibility index (Phi) is 3.74. The van der Waals surface area contributed by atoms with Crippen molar-refractivity contribution in [2.45, 2.75) is 32.2 Å². The van der Waals surface area contributed by atoms with Gasteiger partial charge in [-0.05, 0) is 12.0 Å². The van der Waals surface area contributed by atoms with E-state index in [9.17, 15) is 18.0 Å². The molecule has 3 nitrogen and oxygen atoms in total. The molecule has 0 saturated heterocycles. The second-order valence-corrected chi connectivity index (χ2v) is 3.44. The number of nitrogens with zero attached hydrogens (tertiary/aromatic N) is 1. The van der Waals surface area contributed by atoms with E-state index in [4.69, 9.17) is 5.11 Å². The van der Waals surface area contributed by atoms with E-state index in [1.807, 2.05) is 6.92 Å². The van der Waals surface area contributed by atoms with Crippen molar-refractivity contribution in [2.75, 3.05) is 0 Å². The summed E-state index contributed by atoms with van der Waals surface area (Å²) < 4.78 is 37.1. The van der Waals surface area contributed by atoms with Gasteiger partial charge in [0.15, 0.2) is 6.10 Å². The molecule has 0 radical (unpaired) electrons. The van der Waals surface area contributed by atoms with Gasteiger partial charge in [-0.25, -0.2) is 0 Å². The van der Waals surface area contributed by atoms with Crippen molar-refractivity contribution in [3.05, 3.63) is 34.2 Å². The monoisotopic (exact) mass is 235 g/mol. The number of pyridine rings is 1. The van der Waals surface area contributed by atoms with Crippen molar-refractivity contribution in [1.29, 1.82) is 0 Å². The summed E-state index contributed by atoms with van der Waals surface area (Å²) in [6, 6.07) is 2.75. The zero-order valence-electron chi connectivity index (χ0n) is 8.66. The third-order valence-electron chi connectivity index (χ3n) is 2.20. The number of aryl methyl sites for hydroxylation is 1. The van der Waals surface area contributed by atoms with Crippen molar-refractivity contribution in [3.8, 4) is 0 Å². The van der Waals surface area contributed by atoms with Crippen LogP contribution in [0.1, 0.15) is 12.5 Å². The quantitative estimate of drug-likeness (QED) is 0.858. The van der Waals surface area contributed by atoms with E-state index in [0.717, 1.165) is 10.1 Å². The van der Waals surface area contributed by atoms with Crippen LogP contribution in [0.5, 0.6) is 0 Å². The van der Waals surface area contributed by atoms with Crippen LogP contribution in [0, 0.1) is 0 Å². The predicted octanol–water partition coefficient (Wildman–Crippen LogP) is 1.33. The average Bonchev–Trinajstić information content (AvgIpc) is 2.19.